The van der Waals surface area contributed by atoms with Crippen LogP contribution in [0.5, 0.6) is 0 Å². The quantitative estimate of drug-likeness (QED) is 0.622. The highest BCUT2D eigenvalue weighted by Gasteiger charge is 2.08. The van der Waals surface area contributed by atoms with Crippen LogP contribution in [0.15, 0.2) is 24.3 Å². The maximum absolute atomic E-state index is 5.29. The Balaban J connectivity index is 2.26. The Morgan fingerprint density at radius 3 is 3.00 bits per heavy atom. The largest absolute Gasteiger partial charge is 0.311 e. The third-order valence-corrected chi connectivity index (χ3v) is 2.97. The van der Waals surface area contributed by atoms with E-state index in [0.29, 0.717) is 0 Å². The van der Waals surface area contributed by atoms with Crippen molar-refractivity contribution in [2.24, 2.45) is 0 Å². The summed E-state index contributed by atoms with van der Waals surface area (Å²) in [7, 11) is 0. The highest BCUT2D eigenvalue weighted by molar-refractivity contribution is 5.81. The topological polar surface area (TPSA) is 29.9 Å². The van der Waals surface area contributed by atoms with E-state index in [2.05, 4.69) is 52.2 Å². The van der Waals surface area contributed by atoms with E-state index in [1.807, 2.05) is 0 Å². The molecule has 0 spiro atoms. The van der Waals surface area contributed by atoms with Crippen molar-refractivity contribution in [3.05, 3.63) is 30.0 Å². The molecule has 18 heavy (non-hydrogen) atoms. The van der Waals surface area contributed by atoms with E-state index in [1.165, 1.54) is 10.9 Å². The Hall–Kier alpha value is -1.79. The van der Waals surface area contributed by atoms with Crippen molar-refractivity contribution in [3.63, 3.8) is 0 Å². The number of fused-ring (bicyclic) bond motifs is 1. The molecule has 0 unspecified atom stereocenters. The minimum atomic E-state index is 0.802. The summed E-state index contributed by atoms with van der Waals surface area (Å²) >= 11 is 0. The third-order valence-electron chi connectivity index (χ3n) is 2.97. The highest BCUT2D eigenvalue weighted by Crippen LogP contribution is 2.18. The molecule has 1 aromatic carbocycles. The number of benzene rings is 1. The number of hydrogen-bond donors (Lipinski definition) is 1. The monoisotopic (exact) mass is 241 g/mol. The first-order valence-corrected chi connectivity index (χ1v) is 6.45. The van der Waals surface area contributed by atoms with Crippen LogP contribution in [0, 0.1) is 12.3 Å². The molecule has 0 aliphatic heterocycles. The van der Waals surface area contributed by atoms with Crippen LogP contribution in [0.1, 0.15) is 25.5 Å². The van der Waals surface area contributed by atoms with Crippen molar-refractivity contribution >= 4 is 10.9 Å². The summed E-state index contributed by atoms with van der Waals surface area (Å²) < 4.78 is 2.07. The second-order valence-corrected chi connectivity index (χ2v) is 4.27. The van der Waals surface area contributed by atoms with Gasteiger partial charge in [-0.2, -0.15) is 5.10 Å². The first-order valence-electron chi connectivity index (χ1n) is 6.45. The number of rotatable bonds is 6. The molecule has 0 atom stereocenters. The van der Waals surface area contributed by atoms with E-state index < -0.39 is 0 Å². The predicted molar refractivity (Wildman–Crippen MR) is 75.2 cm³/mol. The van der Waals surface area contributed by atoms with Gasteiger partial charge in [-0.25, -0.2) is 0 Å². The molecule has 0 saturated heterocycles. The molecular formula is C15H19N3. The third kappa shape index (κ3) is 2.72. The molecule has 0 bridgehead atoms. The fourth-order valence-electron chi connectivity index (χ4n) is 2.07. The van der Waals surface area contributed by atoms with Gasteiger partial charge in [-0.15, -0.1) is 12.3 Å². The van der Waals surface area contributed by atoms with E-state index in [-0.39, 0.29) is 0 Å². The van der Waals surface area contributed by atoms with Gasteiger partial charge in [0.05, 0.1) is 11.2 Å². The van der Waals surface area contributed by atoms with E-state index in [1.54, 1.807) is 0 Å². The lowest BCUT2D eigenvalue weighted by Gasteiger charge is -2.00. The Bertz CT molecular complexity index is 548. The van der Waals surface area contributed by atoms with Crippen molar-refractivity contribution in [1.82, 2.24) is 15.1 Å². The molecule has 94 valence electrons. The molecule has 2 aromatic rings. The Morgan fingerprint density at radius 2 is 2.22 bits per heavy atom. The number of hydrogen-bond acceptors (Lipinski definition) is 2. The number of aromatic nitrogens is 2. The zero-order valence-corrected chi connectivity index (χ0v) is 10.8. The smallest absolute Gasteiger partial charge is 0.0841 e. The summed E-state index contributed by atoms with van der Waals surface area (Å²) in [6, 6.07) is 8.37. The molecule has 3 nitrogen and oxygen atoms in total. The van der Waals surface area contributed by atoms with Gasteiger partial charge < -0.3 is 5.32 Å². The first kappa shape index (κ1) is 12.7. The van der Waals surface area contributed by atoms with Gasteiger partial charge >= 0.3 is 0 Å². The first-order chi connectivity index (χ1) is 8.86. The lowest BCUT2D eigenvalue weighted by molar-refractivity contribution is 0.588. The summed E-state index contributed by atoms with van der Waals surface area (Å²) in [5.74, 6) is 2.67. The van der Waals surface area contributed by atoms with Gasteiger partial charge in [-0.05, 0) is 19.0 Å². The Kier molecular flexibility index (Phi) is 4.38. The van der Waals surface area contributed by atoms with Crippen LogP contribution in [0.25, 0.3) is 10.9 Å². The molecule has 0 aliphatic carbocycles. The average Bonchev–Trinajstić information content (AvgIpc) is 2.76. The van der Waals surface area contributed by atoms with Gasteiger partial charge in [-0.3, -0.25) is 4.68 Å². The van der Waals surface area contributed by atoms with Gasteiger partial charge in [0.1, 0.15) is 0 Å². The van der Waals surface area contributed by atoms with Gasteiger partial charge in [0, 0.05) is 24.9 Å². The van der Waals surface area contributed by atoms with Crippen molar-refractivity contribution in [2.75, 3.05) is 6.54 Å². The van der Waals surface area contributed by atoms with Crippen LogP contribution in [-0.2, 0) is 13.1 Å². The maximum atomic E-state index is 5.29. The molecule has 2 rings (SSSR count). The molecule has 0 aliphatic rings. The SMILES string of the molecule is C#CCCCn1nc(CNCC)c2ccccc21. The fourth-order valence-corrected chi connectivity index (χ4v) is 2.07. The lowest BCUT2D eigenvalue weighted by Crippen LogP contribution is -2.12. The molecule has 1 heterocycles. The number of para-hydroxylation sites is 1. The van der Waals surface area contributed by atoms with E-state index in [0.717, 1.165) is 38.2 Å². The number of unbranched alkanes of at least 4 members (excludes halogenated alkanes) is 1. The zero-order chi connectivity index (χ0) is 12.8. The van der Waals surface area contributed by atoms with Gasteiger partial charge in [0.2, 0.25) is 0 Å². The Labute approximate surface area is 108 Å². The second-order valence-electron chi connectivity index (χ2n) is 4.27. The zero-order valence-electron chi connectivity index (χ0n) is 10.8. The van der Waals surface area contributed by atoms with Crippen LogP contribution >= 0.6 is 0 Å². The van der Waals surface area contributed by atoms with Crippen LogP contribution in [0.2, 0.25) is 0 Å². The second kappa shape index (κ2) is 6.23. The summed E-state index contributed by atoms with van der Waals surface area (Å²) in [4.78, 5) is 0. The number of nitrogens with zero attached hydrogens (tertiary/aromatic N) is 2. The van der Waals surface area contributed by atoms with Crippen LogP contribution in [0.3, 0.4) is 0 Å². The van der Waals surface area contributed by atoms with Crippen LogP contribution in [0.4, 0.5) is 0 Å². The lowest BCUT2D eigenvalue weighted by atomic mass is 10.2. The molecular weight excluding hydrogens is 222 g/mol. The summed E-state index contributed by atoms with van der Waals surface area (Å²) in [5.41, 5.74) is 2.32. The van der Waals surface area contributed by atoms with E-state index in [9.17, 15) is 0 Å². The van der Waals surface area contributed by atoms with E-state index in [4.69, 9.17) is 6.42 Å². The average molecular weight is 241 g/mol. The van der Waals surface area contributed by atoms with Gasteiger partial charge in [-0.1, -0.05) is 25.1 Å². The van der Waals surface area contributed by atoms with Crippen LogP contribution < -0.4 is 5.32 Å². The summed E-state index contributed by atoms with van der Waals surface area (Å²) in [6.07, 6.45) is 7.06. The van der Waals surface area contributed by atoms with Crippen molar-refractivity contribution in [1.29, 1.82) is 0 Å². The fraction of sp³-hybridized carbons (Fsp3) is 0.400. The minimum absolute atomic E-state index is 0.802. The van der Waals surface area contributed by atoms with Gasteiger partial charge in [0.15, 0.2) is 0 Å². The molecule has 1 N–H and O–H groups in total. The Morgan fingerprint density at radius 1 is 1.39 bits per heavy atom. The predicted octanol–water partition coefficient (Wildman–Crippen LogP) is 2.56. The van der Waals surface area contributed by atoms with Crippen molar-refractivity contribution in [2.45, 2.75) is 32.9 Å². The number of aryl methyl sites for hydroxylation is 1. The maximum Gasteiger partial charge on any atom is 0.0841 e. The summed E-state index contributed by atoms with van der Waals surface area (Å²) in [5, 5.41) is 9.25. The molecule has 0 radical (unpaired) electrons. The molecule has 0 saturated carbocycles. The van der Waals surface area contributed by atoms with Crippen molar-refractivity contribution < 1.29 is 0 Å². The van der Waals surface area contributed by atoms with Crippen molar-refractivity contribution in [3.8, 4) is 12.3 Å². The molecule has 0 fully saturated rings. The van der Waals surface area contributed by atoms with E-state index >= 15 is 0 Å². The highest BCUT2D eigenvalue weighted by atomic mass is 15.3. The molecule has 3 heteroatoms. The normalized spacial score (nSPS) is 10.7. The van der Waals surface area contributed by atoms with Crippen LogP contribution in [-0.4, -0.2) is 16.3 Å². The number of terminal acetylenes is 1. The molecule has 1 aromatic heterocycles. The molecule has 0 amide bonds. The standard InChI is InChI=1S/C15H19N3/c1-3-5-8-11-18-15-10-7-6-9-13(15)14(17-18)12-16-4-2/h1,6-7,9-10,16H,4-5,8,11-12H2,2H3. The van der Waals surface area contributed by atoms with Gasteiger partial charge in [0.25, 0.3) is 0 Å². The summed E-state index contributed by atoms with van der Waals surface area (Å²) in [6.45, 7) is 4.76. The number of nitrogens with one attached hydrogen (secondary N) is 1. The minimum Gasteiger partial charge on any atom is -0.311 e.